The van der Waals surface area contributed by atoms with Crippen molar-refractivity contribution in [2.24, 2.45) is 11.7 Å². The topological polar surface area (TPSA) is 68.0 Å². The number of benzene rings is 1. The first-order valence-corrected chi connectivity index (χ1v) is 9.63. The number of hydrogen-bond donors (Lipinski definition) is 2. The number of aromatic nitrogens is 1. The van der Waals surface area contributed by atoms with E-state index in [1.165, 1.54) is 49.0 Å². The van der Waals surface area contributed by atoms with Crippen molar-refractivity contribution >= 4 is 17.2 Å². The first-order chi connectivity index (χ1) is 11.7. The SMILES string of the molecule is NC(Cc1ccccc1)c1nc(C(=O)NCC2CCCCC2)cs1. The Hall–Kier alpha value is -1.72. The lowest BCUT2D eigenvalue weighted by Crippen LogP contribution is -2.30. The van der Waals surface area contributed by atoms with Gasteiger partial charge in [0.25, 0.3) is 5.91 Å². The maximum Gasteiger partial charge on any atom is 0.270 e. The van der Waals surface area contributed by atoms with Crippen LogP contribution in [0, 0.1) is 5.92 Å². The van der Waals surface area contributed by atoms with Gasteiger partial charge in [-0.3, -0.25) is 4.79 Å². The molecule has 1 heterocycles. The van der Waals surface area contributed by atoms with Crippen molar-refractivity contribution in [2.75, 3.05) is 6.54 Å². The summed E-state index contributed by atoms with van der Waals surface area (Å²) in [4.78, 5) is 16.7. The van der Waals surface area contributed by atoms with Crippen LogP contribution in [0.3, 0.4) is 0 Å². The highest BCUT2D eigenvalue weighted by Gasteiger charge is 2.18. The molecule has 0 spiro atoms. The van der Waals surface area contributed by atoms with Gasteiger partial charge in [-0.15, -0.1) is 11.3 Å². The van der Waals surface area contributed by atoms with Crippen molar-refractivity contribution < 1.29 is 4.79 Å². The standard InChI is InChI=1S/C19H25N3OS/c20-16(11-14-7-3-1-4-8-14)19-22-17(13-24-19)18(23)21-12-15-9-5-2-6-10-15/h1,3-4,7-8,13,15-16H,2,5-6,9-12,20H2,(H,21,23). The van der Waals surface area contributed by atoms with Crippen LogP contribution in [0.15, 0.2) is 35.7 Å². The average Bonchev–Trinajstić information content (AvgIpc) is 3.12. The zero-order valence-electron chi connectivity index (χ0n) is 13.9. The normalized spacial score (nSPS) is 16.7. The average molecular weight is 343 g/mol. The summed E-state index contributed by atoms with van der Waals surface area (Å²) < 4.78 is 0. The molecule has 1 aromatic carbocycles. The minimum atomic E-state index is -0.169. The van der Waals surface area contributed by atoms with E-state index in [-0.39, 0.29) is 11.9 Å². The van der Waals surface area contributed by atoms with Gasteiger partial charge in [0.15, 0.2) is 0 Å². The van der Waals surface area contributed by atoms with Crippen LogP contribution in [0.2, 0.25) is 0 Å². The molecule has 1 atom stereocenters. The van der Waals surface area contributed by atoms with E-state index in [0.29, 0.717) is 11.6 Å². The van der Waals surface area contributed by atoms with Crippen LogP contribution in [0.1, 0.15) is 59.2 Å². The van der Waals surface area contributed by atoms with Crippen LogP contribution >= 0.6 is 11.3 Å². The maximum atomic E-state index is 12.3. The van der Waals surface area contributed by atoms with Crippen LogP contribution < -0.4 is 11.1 Å². The Kier molecular flexibility index (Phi) is 5.99. The Morgan fingerprint density at radius 3 is 2.75 bits per heavy atom. The number of amides is 1. The molecular formula is C19H25N3OS. The van der Waals surface area contributed by atoms with Crippen molar-refractivity contribution in [1.29, 1.82) is 0 Å². The van der Waals surface area contributed by atoms with Crippen LogP contribution in [0.25, 0.3) is 0 Å². The minimum Gasteiger partial charge on any atom is -0.350 e. The molecule has 1 aliphatic carbocycles. The molecule has 1 aliphatic rings. The van der Waals surface area contributed by atoms with E-state index in [2.05, 4.69) is 22.4 Å². The molecule has 3 rings (SSSR count). The van der Waals surface area contributed by atoms with E-state index < -0.39 is 0 Å². The third-order valence-electron chi connectivity index (χ3n) is 4.65. The van der Waals surface area contributed by atoms with Crippen LogP contribution in [0.4, 0.5) is 0 Å². The third kappa shape index (κ3) is 4.65. The van der Waals surface area contributed by atoms with Crippen molar-refractivity contribution in [3.63, 3.8) is 0 Å². The Morgan fingerprint density at radius 2 is 2.00 bits per heavy atom. The molecule has 0 aliphatic heterocycles. The molecule has 0 saturated heterocycles. The van der Waals surface area contributed by atoms with Gasteiger partial charge in [-0.1, -0.05) is 49.6 Å². The summed E-state index contributed by atoms with van der Waals surface area (Å²) in [5.74, 6) is 0.552. The van der Waals surface area contributed by atoms with E-state index >= 15 is 0 Å². The fraction of sp³-hybridized carbons (Fsp3) is 0.474. The molecule has 0 bridgehead atoms. The molecule has 2 aromatic rings. The first-order valence-electron chi connectivity index (χ1n) is 8.75. The molecule has 24 heavy (non-hydrogen) atoms. The van der Waals surface area contributed by atoms with Gasteiger partial charge in [0, 0.05) is 11.9 Å². The summed E-state index contributed by atoms with van der Waals surface area (Å²) in [6, 6.07) is 9.96. The molecule has 4 nitrogen and oxygen atoms in total. The van der Waals surface area contributed by atoms with E-state index in [1.807, 2.05) is 23.6 Å². The summed E-state index contributed by atoms with van der Waals surface area (Å²) in [7, 11) is 0. The van der Waals surface area contributed by atoms with Gasteiger partial charge in [-0.2, -0.15) is 0 Å². The number of nitrogens with one attached hydrogen (secondary N) is 1. The predicted molar refractivity (Wildman–Crippen MR) is 98.1 cm³/mol. The van der Waals surface area contributed by atoms with Gasteiger partial charge in [-0.25, -0.2) is 4.98 Å². The zero-order valence-corrected chi connectivity index (χ0v) is 14.7. The summed E-state index contributed by atoms with van der Waals surface area (Å²) in [6.45, 7) is 0.766. The smallest absolute Gasteiger partial charge is 0.270 e. The third-order valence-corrected chi connectivity index (χ3v) is 5.62. The Balaban J connectivity index is 1.53. The minimum absolute atomic E-state index is 0.0741. The molecular weight excluding hydrogens is 318 g/mol. The molecule has 1 unspecified atom stereocenters. The van der Waals surface area contributed by atoms with Gasteiger partial charge in [0.05, 0.1) is 6.04 Å². The monoisotopic (exact) mass is 343 g/mol. The summed E-state index contributed by atoms with van der Waals surface area (Å²) in [5.41, 5.74) is 7.93. The summed E-state index contributed by atoms with van der Waals surface area (Å²) >= 11 is 1.47. The summed E-state index contributed by atoms with van der Waals surface area (Å²) in [6.07, 6.45) is 7.09. The van der Waals surface area contributed by atoms with E-state index in [0.717, 1.165) is 18.0 Å². The number of nitrogens with two attached hydrogens (primary N) is 1. The lowest BCUT2D eigenvalue weighted by Gasteiger charge is -2.21. The van der Waals surface area contributed by atoms with Gasteiger partial charge in [-0.05, 0) is 30.7 Å². The largest absolute Gasteiger partial charge is 0.350 e. The van der Waals surface area contributed by atoms with E-state index in [4.69, 9.17) is 5.73 Å². The molecule has 128 valence electrons. The highest BCUT2D eigenvalue weighted by Crippen LogP contribution is 2.23. The van der Waals surface area contributed by atoms with Gasteiger partial charge < -0.3 is 11.1 Å². The number of carbonyl (C=O) groups excluding carboxylic acids is 1. The van der Waals surface area contributed by atoms with Gasteiger partial charge >= 0.3 is 0 Å². The second-order valence-electron chi connectivity index (χ2n) is 6.58. The number of hydrogen-bond acceptors (Lipinski definition) is 4. The molecule has 5 heteroatoms. The first kappa shape index (κ1) is 17.1. The number of carbonyl (C=O) groups is 1. The zero-order chi connectivity index (χ0) is 16.8. The second-order valence-corrected chi connectivity index (χ2v) is 7.47. The maximum absolute atomic E-state index is 12.3. The van der Waals surface area contributed by atoms with Crippen LogP contribution in [-0.4, -0.2) is 17.4 Å². The van der Waals surface area contributed by atoms with Gasteiger partial charge in [0.2, 0.25) is 0 Å². The molecule has 1 aromatic heterocycles. The lowest BCUT2D eigenvalue weighted by molar-refractivity contribution is 0.0939. The van der Waals surface area contributed by atoms with Crippen molar-refractivity contribution in [3.8, 4) is 0 Å². The number of rotatable bonds is 6. The quantitative estimate of drug-likeness (QED) is 0.840. The predicted octanol–water partition coefficient (Wildman–Crippen LogP) is 3.70. The Labute approximate surface area is 147 Å². The summed E-state index contributed by atoms with van der Waals surface area (Å²) in [5, 5.41) is 5.67. The molecule has 0 radical (unpaired) electrons. The van der Waals surface area contributed by atoms with E-state index in [9.17, 15) is 4.79 Å². The highest BCUT2D eigenvalue weighted by atomic mass is 32.1. The van der Waals surface area contributed by atoms with E-state index in [1.54, 1.807) is 0 Å². The van der Waals surface area contributed by atoms with Crippen LogP contribution in [0.5, 0.6) is 0 Å². The fourth-order valence-electron chi connectivity index (χ4n) is 3.24. The second kappa shape index (κ2) is 8.40. The molecule has 1 fully saturated rings. The number of nitrogens with zero attached hydrogens (tertiary/aromatic N) is 1. The van der Waals surface area contributed by atoms with Gasteiger partial charge in [0.1, 0.15) is 10.7 Å². The van der Waals surface area contributed by atoms with Crippen LogP contribution in [-0.2, 0) is 6.42 Å². The fourth-order valence-corrected chi connectivity index (χ4v) is 4.04. The van der Waals surface area contributed by atoms with Crippen molar-refractivity contribution in [1.82, 2.24) is 10.3 Å². The van der Waals surface area contributed by atoms with Crippen molar-refractivity contribution in [2.45, 2.75) is 44.6 Å². The molecule has 1 saturated carbocycles. The Bertz CT molecular complexity index is 650. The van der Waals surface area contributed by atoms with Crippen molar-refractivity contribution in [3.05, 3.63) is 52.0 Å². The number of thiazole rings is 1. The highest BCUT2D eigenvalue weighted by molar-refractivity contribution is 7.09. The lowest BCUT2D eigenvalue weighted by atomic mass is 9.89. The molecule has 3 N–H and O–H groups in total. The molecule has 1 amide bonds. The Morgan fingerprint density at radius 1 is 1.25 bits per heavy atom.